The van der Waals surface area contributed by atoms with E-state index in [0.717, 1.165) is 38.5 Å². The fraction of sp³-hybridized carbons (Fsp3) is 0.889. The molecule has 0 amide bonds. The van der Waals surface area contributed by atoms with Gasteiger partial charge < -0.3 is 0 Å². The molecule has 0 atom stereocenters. The Morgan fingerprint density at radius 2 is 1.36 bits per heavy atom. The maximum absolute atomic E-state index is 11.0. The average Bonchev–Trinajstić information content (AvgIpc) is 1.97. The number of ketones is 1. The van der Waals surface area contributed by atoms with Gasteiger partial charge in [-0.15, -0.1) is 0 Å². The van der Waals surface area contributed by atoms with E-state index >= 15 is 0 Å². The quantitative estimate of drug-likeness (QED) is 0.670. The van der Waals surface area contributed by atoms with Crippen molar-refractivity contribution in [1.29, 1.82) is 0 Å². The first-order valence-electron chi connectivity index (χ1n) is 4.33. The third kappa shape index (κ3) is 10.5. The van der Waals surface area contributed by atoms with Gasteiger partial charge in [0.25, 0.3) is 0 Å². The second-order valence-corrected chi connectivity index (χ2v) is 2.75. The summed E-state index contributed by atoms with van der Waals surface area (Å²) in [5.41, 5.74) is 0. The molecule has 0 spiro atoms. The summed E-state index contributed by atoms with van der Waals surface area (Å²) in [4.78, 5) is 11.0. The Kier molecular flexibility index (Phi) is 13.3. The van der Waals surface area contributed by atoms with Crippen molar-refractivity contribution in [1.82, 2.24) is 0 Å². The van der Waals surface area contributed by atoms with Crippen LogP contribution >= 0.6 is 0 Å². The van der Waals surface area contributed by atoms with Crippen LogP contribution in [0, 0.1) is 0 Å². The topological polar surface area (TPSA) is 17.1 Å². The van der Waals surface area contributed by atoms with Crippen LogP contribution in [0.15, 0.2) is 0 Å². The van der Waals surface area contributed by atoms with Gasteiger partial charge in [0.1, 0.15) is 5.78 Å². The molecular formula is C9H20OSn. The predicted molar refractivity (Wildman–Crippen MR) is 52.6 cm³/mol. The van der Waals surface area contributed by atoms with Gasteiger partial charge in [-0.25, -0.2) is 0 Å². The molecule has 0 aromatic rings. The molecule has 66 valence electrons. The van der Waals surface area contributed by atoms with E-state index in [2.05, 4.69) is 13.8 Å². The Morgan fingerprint density at radius 1 is 1.00 bits per heavy atom. The average molecular weight is 263 g/mol. The summed E-state index contributed by atoms with van der Waals surface area (Å²) in [5.74, 6) is 0.448. The van der Waals surface area contributed by atoms with Crippen LogP contribution in [-0.4, -0.2) is 29.7 Å². The number of carbonyl (C=O) groups is 1. The van der Waals surface area contributed by atoms with Gasteiger partial charge in [0.2, 0.25) is 0 Å². The third-order valence-electron chi connectivity index (χ3n) is 1.62. The number of Topliss-reactive ketones (excluding diaryl/α,β-unsaturated/α-hetero) is 1. The number of hydrogen-bond acceptors (Lipinski definition) is 1. The van der Waals surface area contributed by atoms with Crippen LogP contribution < -0.4 is 0 Å². The maximum atomic E-state index is 11.0. The molecule has 0 aliphatic carbocycles. The van der Waals surface area contributed by atoms with Crippen LogP contribution in [0.2, 0.25) is 0 Å². The number of unbranched alkanes of at least 4 members (excludes halogenated alkanes) is 2. The van der Waals surface area contributed by atoms with E-state index in [1.807, 2.05) is 0 Å². The van der Waals surface area contributed by atoms with Crippen LogP contribution in [0.25, 0.3) is 0 Å². The fourth-order valence-corrected chi connectivity index (χ4v) is 0.873. The zero-order valence-corrected chi connectivity index (χ0v) is 11.9. The molecule has 0 aromatic heterocycles. The number of hydrogen-bond donors (Lipinski definition) is 0. The molecule has 0 aliphatic heterocycles. The Balaban J connectivity index is 0. The zero-order chi connectivity index (χ0) is 7.82. The van der Waals surface area contributed by atoms with E-state index in [-0.39, 0.29) is 23.9 Å². The molecule has 0 saturated carbocycles. The monoisotopic (exact) mass is 264 g/mol. The predicted octanol–water partition coefficient (Wildman–Crippen LogP) is 2.02. The normalized spacial score (nSPS) is 8.91. The van der Waals surface area contributed by atoms with Crippen LogP contribution in [-0.2, 0) is 4.79 Å². The molecule has 0 bridgehead atoms. The third-order valence-corrected chi connectivity index (χ3v) is 1.62. The minimum absolute atomic E-state index is 0. The van der Waals surface area contributed by atoms with Crippen LogP contribution in [0.1, 0.15) is 52.4 Å². The van der Waals surface area contributed by atoms with Gasteiger partial charge in [-0.3, -0.25) is 4.79 Å². The summed E-state index contributed by atoms with van der Waals surface area (Å²) < 4.78 is 0. The second kappa shape index (κ2) is 10.5. The van der Waals surface area contributed by atoms with Crippen LogP contribution in [0.3, 0.4) is 0 Å². The summed E-state index contributed by atoms with van der Waals surface area (Å²) in [7, 11) is 0. The molecule has 2 radical (unpaired) electrons. The van der Waals surface area contributed by atoms with Crippen molar-refractivity contribution in [3.05, 3.63) is 0 Å². The molecule has 0 saturated heterocycles. The Morgan fingerprint density at radius 3 is 1.64 bits per heavy atom. The Labute approximate surface area is 86.9 Å². The second-order valence-electron chi connectivity index (χ2n) is 2.75. The molecule has 0 heterocycles. The van der Waals surface area contributed by atoms with Gasteiger partial charge in [0.15, 0.2) is 0 Å². The molecule has 0 aliphatic rings. The van der Waals surface area contributed by atoms with Gasteiger partial charge in [0.05, 0.1) is 0 Å². The molecule has 2 heteroatoms. The summed E-state index contributed by atoms with van der Waals surface area (Å²) in [6, 6.07) is 0. The van der Waals surface area contributed by atoms with E-state index in [4.69, 9.17) is 0 Å². The first kappa shape index (κ1) is 14.0. The van der Waals surface area contributed by atoms with Crippen molar-refractivity contribution in [2.45, 2.75) is 52.4 Å². The summed E-state index contributed by atoms with van der Waals surface area (Å²) in [6.45, 7) is 4.24. The summed E-state index contributed by atoms with van der Waals surface area (Å²) in [6.07, 6.45) is 6.02. The SMILES string of the molecule is CCCCC(=O)CCCC.[SnH2]. The molecule has 0 N–H and O–H groups in total. The van der Waals surface area contributed by atoms with Crippen molar-refractivity contribution >= 4 is 29.7 Å². The fourth-order valence-electron chi connectivity index (χ4n) is 0.873. The minimum atomic E-state index is 0. The number of carbonyl (C=O) groups excluding carboxylic acids is 1. The van der Waals surface area contributed by atoms with E-state index < -0.39 is 0 Å². The van der Waals surface area contributed by atoms with Crippen molar-refractivity contribution in [3.63, 3.8) is 0 Å². The van der Waals surface area contributed by atoms with Gasteiger partial charge in [0, 0.05) is 12.8 Å². The molecule has 0 rings (SSSR count). The van der Waals surface area contributed by atoms with E-state index in [1.54, 1.807) is 0 Å². The van der Waals surface area contributed by atoms with Crippen LogP contribution in [0.4, 0.5) is 0 Å². The first-order valence-corrected chi connectivity index (χ1v) is 4.33. The first-order chi connectivity index (χ1) is 4.81. The standard InChI is InChI=1S/C9H18O.Sn.2H/c1-3-5-7-9(10)8-6-4-2;;;/h3-8H2,1-2H3;;;. The zero-order valence-electron chi connectivity index (χ0n) is 7.86. The molecule has 0 aromatic carbocycles. The summed E-state index contributed by atoms with van der Waals surface area (Å²) in [5, 5.41) is 0. The van der Waals surface area contributed by atoms with E-state index in [1.165, 1.54) is 0 Å². The van der Waals surface area contributed by atoms with Gasteiger partial charge in [-0.05, 0) is 12.8 Å². The number of rotatable bonds is 6. The molecule has 0 fully saturated rings. The van der Waals surface area contributed by atoms with Crippen molar-refractivity contribution in [2.24, 2.45) is 0 Å². The van der Waals surface area contributed by atoms with Crippen molar-refractivity contribution in [2.75, 3.05) is 0 Å². The van der Waals surface area contributed by atoms with E-state index in [0.29, 0.717) is 5.78 Å². The Bertz CT molecular complexity index is 81.6. The van der Waals surface area contributed by atoms with Crippen molar-refractivity contribution in [3.8, 4) is 0 Å². The van der Waals surface area contributed by atoms with Gasteiger partial charge >= 0.3 is 23.9 Å². The van der Waals surface area contributed by atoms with Gasteiger partial charge in [-0.1, -0.05) is 26.7 Å². The molecule has 0 unspecified atom stereocenters. The van der Waals surface area contributed by atoms with Crippen molar-refractivity contribution < 1.29 is 4.79 Å². The van der Waals surface area contributed by atoms with Crippen LogP contribution in [0.5, 0.6) is 0 Å². The summed E-state index contributed by atoms with van der Waals surface area (Å²) >= 11 is 0. The molecular weight excluding hydrogens is 243 g/mol. The Hall–Kier alpha value is 0.469. The molecule has 11 heavy (non-hydrogen) atoms. The van der Waals surface area contributed by atoms with Gasteiger partial charge in [-0.2, -0.15) is 0 Å². The molecule has 1 nitrogen and oxygen atoms in total. The van der Waals surface area contributed by atoms with E-state index in [9.17, 15) is 4.79 Å².